The number of thiocarbonyl (C=S) groups is 1. The van der Waals surface area contributed by atoms with Crippen molar-refractivity contribution in [3.63, 3.8) is 0 Å². The molecular weight excluding hydrogens is 274 g/mol. The minimum absolute atomic E-state index is 0.193. The van der Waals surface area contributed by atoms with Gasteiger partial charge in [-0.3, -0.25) is 9.78 Å². The zero-order valence-electron chi connectivity index (χ0n) is 11.2. The number of aromatic nitrogens is 1. The highest BCUT2D eigenvalue weighted by Gasteiger charge is 2.23. The lowest BCUT2D eigenvalue weighted by atomic mass is 10.1. The van der Waals surface area contributed by atoms with E-state index in [1.54, 1.807) is 12.1 Å². The summed E-state index contributed by atoms with van der Waals surface area (Å²) in [5.41, 5.74) is 6.42. The molecule has 6 heteroatoms. The van der Waals surface area contributed by atoms with E-state index in [1.807, 2.05) is 0 Å². The third kappa shape index (κ3) is 3.74. The fourth-order valence-electron chi connectivity index (χ4n) is 2.37. The number of pyridine rings is 1. The molecule has 5 nitrogen and oxygen atoms in total. The number of carbonyl (C=O) groups excluding carboxylic acids is 1. The average molecular weight is 293 g/mol. The van der Waals surface area contributed by atoms with Crippen molar-refractivity contribution in [3.05, 3.63) is 29.6 Å². The summed E-state index contributed by atoms with van der Waals surface area (Å²) in [6.45, 7) is 0. The van der Waals surface area contributed by atoms with Crippen molar-refractivity contribution in [2.75, 3.05) is 0 Å². The Hall–Kier alpha value is -1.53. The lowest BCUT2D eigenvalue weighted by molar-refractivity contribution is 0.0814. The zero-order chi connectivity index (χ0) is 14.5. The molecule has 108 valence electrons. The van der Waals surface area contributed by atoms with Gasteiger partial charge in [-0.15, -0.1) is 0 Å². The van der Waals surface area contributed by atoms with E-state index in [2.05, 4.69) is 10.3 Å². The number of nitrogens with zero attached hydrogens (tertiary/aromatic N) is 1. The number of hydrogen-bond donors (Lipinski definition) is 3. The summed E-state index contributed by atoms with van der Waals surface area (Å²) >= 11 is 4.84. The van der Waals surface area contributed by atoms with Crippen molar-refractivity contribution in [2.24, 2.45) is 5.73 Å². The summed E-state index contributed by atoms with van der Waals surface area (Å²) in [4.78, 5) is 16.4. The quantitative estimate of drug-likeness (QED) is 0.574. The van der Waals surface area contributed by atoms with E-state index >= 15 is 0 Å². The Balaban J connectivity index is 2.01. The Morgan fingerprint density at radius 3 is 2.75 bits per heavy atom. The van der Waals surface area contributed by atoms with E-state index in [0.29, 0.717) is 11.3 Å². The van der Waals surface area contributed by atoms with Gasteiger partial charge in [0, 0.05) is 11.8 Å². The minimum atomic E-state index is -0.475. The first-order valence-electron chi connectivity index (χ1n) is 6.82. The highest BCUT2D eigenvalue weighted by atomic mass is 32.1. The van der Waals surface area contributed by atoms with Gasteiger partial charge >= 0.3 is 0 Å². The molecule has 4 N–H and O–H groups in total. The molecule has 1 aromatic rings. The number of nitrogens with one attached hydrogen (secondary N) is 1. The van der Waals surface area contributed by atoms with E-state index in [4.69, 9.17) is 18.0 Å². The highest BCUT2D eigenvalue weighted by Crippen LogP contribution is 2.18. The maximum absolute atomic E-state index is 12.1. The topological polar surface area (TPSA) is 88.2 Å². The standard InChI is InChI=1S/C14H19N3O2S/c15-13(20)9-6-7-11(16-8-9)14(19)17-10-4-2-1-3-5-12(10)18/h6-8,10,12,18H,1-5H2,(H2,15,20)(H,17,19). The zero-order valence-corrected chi connectivity index (χ0v) is 12.0. The van der Waals surface area contributed by atoms with Gasteiger partial charge in [0.1, 0.15) is 10.7 Å². The molecule has 0 bridgehead atoms. The molecule has 0 saturated heterocycles. The molecule has 1 fully saturated rings. The van der Waals surface area contributed by atoms with Gasteiger partial charge in [-0.2, -0.15) is 0 Å². The van der Waals surface area contributed by atoms with E-state index in [-0.39, 0.29) is 16.9 Å². The van der Waals surface area contributed by atoms with Crippen LogP contribution >= 0.6 is 12.2 Å². The number of hydrogen-bond acceptors (Lipinski definition) is 4. The molecule has 2 atom stereocenters. The number of aliphatic hydroxyl groups is 1. The summed E-state index contributed by atoms with van der Waals surface area (Å²) in [5, 5.41) is 12.9. The van der Waals surface area contributed by atoms with Crippen molar-refractivity contribution >= 4 is 23.1 Å². The second-order valence-corrected chi connectivity index (χ2v) is 5.52. The maximum Gasteiger partial charge on any atom is 0.270 e. The Morgan fingerprint density at radius 1 is 1.35 bits per heavy atom. The highest BCUT2D eigenvalue weighted by molar-refractivity contribution is 7.80. The van der Waals surface area contributed by atoms with Crippen LogP contribution in [-0.4, -0.2) is 33.1 Å². The maximum atomic E-state index is 12.1. The molecule has 0 radical (unpaired) electrons. The van der Waals surface area contributed by atoms with Crippen LogP contribution in [0.15, 0.2) is 18.3 Å². The lowest BCUT2D eigenvalue weighted by Crippen LogP contribution is -2.42. The third-order valence-electron chi connectivity index (χ3n) is 3.58. The van der Waals surface area contributed by atoms with Crippen molar-refractivity contribution in [1.29, 1.82) is 0 Å². The van der Waals surface area contributed by atoms with Crippen LogP contribution in [-0.2, 0) is 0 Å². The van der Waals surface area contributed by atoms with Gasteiger partial charge < -0.3 is 16.2 Å². The first-order chi connectivity index (χ1) is 9.58. The molecule has 2 unspecified atom stereocenters. The predicted molar refractivity (Wildman–Crippen MR) is 80.5 cm³/mol. The molecular formula is C14H19N3O2S. The van der Waals surface area contributed by atoms with Gasteiger partial charge in [0.05, 0.1) is 12.1 Å². The van der Waals surface area contributed by atoms with Crippen LogP contribution in [0.3, 0.4) is 0 Å². The SMILES string of the molecule is NC(=S)c1ccc(C(=O)NC2CCCCCC2O)nc1. The second-order valence-electron chi connectivity index (χ2n) is 5.08. The van der Waals surface area contributed by atoms with Crippen LogP contribution in [0.1, 0.15) is 48.2 Å². The summed E-state index contributed by atoms with van der Waals surface area (Å²) in [7, 11) is 0. The van der Waals surface area contributed by atoms with E-state index in [1.165, 1.54) is 6.20 Å². The Bertz CT molecular complexity index is 490. The summed E-state index contributed by atoms with van der Waals surface area (Å²) in [6.07, 6.45) is 5.68. The van der Waals surface area contributed by atoms with Gasteiger partial charge in [0.25, 0.3) is 5.91 Å². The van der Waals surface area contributed by atoms with Crippen molar-refractivity contribution in [1.82, 2.24) is 10.3 Å². The van der Waals surface area contributed by atoms with Crippen molar-refractivity contribution < 1.29 is 9.90 Å². The lowest BCUT2D eigenvalue weighted by Gasteiger charge is -2.21. The van der Waals surface area contributed by atoms with Crippen LogP contribution in [0, 0.1) is 0 Å². The molecule has 1 aliphatic rings. The van der Waals surface area contributed by atoms with Crippen molar-refractivity contribution in [2.45, 2.75) is 44.2 Å². The molecule has 1 aromatic heterocycles. The van der Waals surface area contributed by atoms with Crippen LogP contribution < -0.4 is 11.1 Å². The van der Waals surface area contributed by atoms with Gasteiger partial charge in [-0.1, -0.05) is 31.5 Å². The van der Waals surface area contributed by atoms with E-state index in [9.17, 15) is 9.90 Å². The monoisotopic (exact) mass is 293 g/mol. The molecule has 1 heterocycles. The predicted octanol–water partition coefficient (Wildman–Crippen LogP) is 1.14. The molecule has 2 rings (SSSR count). The number of carbonyl (C=O) groups is 1. The van der Waals surface area contributed by atoms with Crippen LogP contribution in [0.25, 0.3) is 0 Å². The summed E-state index contributed by atoms with van der Waals surface area (Å²) in [5.74, 6) is -0.273. The molecule has 1 saturated carbocycles. The minimum Gasteiger partial charge on any atom is -0.391 e. The van der Waals surface area contributed by atoms with Gasteiger partial charge in [0.15, 0.2) is 0 Å². The van der Waals surface area contributed by atoms with Gasteiger partial charge in [-0.25, -0.2) is 0 Å². The third-order valence-corrected chi connectivity index (χ3v) is 3.81. The fourth-order valence-corrected chi connectivity index (χ4v) is 2.49. The smallest absolute Gasteiger partial charge is 0.270 e. The fraction of sp³-hybridized carbons (Fsp3) is 0.500. The number of rotatable bonds is 3. The Labute approximate surface area is 123 Å². The second kappa shape index (κ2) is 6.76. The van der Waals surface area contributed by atoms with Crippen molar-refractivity contribution in [3.8, 4) is 0 Å². The Kier molecular flexibility index (Phi) is 5.03. The van der Waals surface area contributed by atoms with Crippen LogP contribution in [0.2, 0.25) is 0 Å². The largest absolute Gasteiger partial charge is 0.391 e. The van der Waals surface area contributed by atoms with E-state index < -0.39 is 6.10 Å². The summed E-state index contributed by atoms with van der Waals surface area (Å²) in [6, 6.07) is 3.07. The molecule has 1 aliphatic carbocycles. The first kappa shape index (κ1) is 14.9. The molecule has 0 aliphatic heterocycles. The summed E-state index contributed by atoms with van der Waals surface area (Å²) < 4.78 is 0. The van der Waals surface area contributed by atoms with Gasteiger partial charge in [0.2, 0.25) is 0 Å². The molecule has 1 amide bonds. The average Bonchev–Trinajstić information content (AvgIpc) is 2.64. The first-order valence-corrected chi connectivity index (χ1v) is 7.23. The number of aliphatic hydroxyl groups excluding tert-OH is 1. The molecule has 0 aromatic carbocycles. The molecule has 0 spiro atoms. The van der Waals surface area contributed by atoms with E-state index in [0.717, 1.165) is 32.1 Å². The van der Waals surface area contributed by atoms with Crippen LogP contribution in [0.4, 0.5) is 0 Å². The number of amides is 1. The molecule has 20 heavy (non-hydrogen) atoms. The van der Waals surface area contributed by atoms with Gasteiger partial charge in [-0.05, 0) is 25.0 Å². The van der Waals surface area contributed by atoms with Crippen LogP contribution in [0.5, 0.6) is 0 Å². The number of nitrogens with two attached hydrogens (primary N) is 1. The normalized spacial score (nSPS) is 22.9. The Morgan fingerprint density at radius 2 is 2.10 bits per heavy atom.